The Morgan fingerprint density at radius 2 is 1.62 bits per heavy atom. The molecule has 0 bridgehead atoms. The van der Waals surface area contributed by atoms with E-state index in [-0.39, 0.29) is 114 Å². The molecular formula is C9H8K2O5. The Hall–Kier alpha value is 1.23. The number of Topliss-reactive ketones (excluding diaryl/α,β-unsaturated/α-hetero) is 1. The predicted octanol–water partition coefficient (Wildman–Crippen LogP) is -6.84. The van der Waals surface area contributed by atoms with Crippen LogP contribution in [-0.2, 0) is 0 Å². The van der Waals surface area contributed by atoms with Crippen molar-refractivity contribution in [3.05, 3.63) is 29.8 Å². The molecular weight excluding hydrogens is 266 g/mol. The van der Waals surface area contributed by atoms with Gasteiger partial charge in [-0.25, -0.2) is 0 Å². The van der Waals surface area contributed by atoms with Gasteiger partial charge in [0, 0.05) is 5.56 Å². The molecule has 0 saturated heterocycles. The Morgan fingerprint density at radius 1 is 1.19 bits per heavy atom. The number of rotatable bonds is 1. The van der Waals surface area contributed by atoms with Gasteiger partial charge < -0.3 is 20.1 Å². The summed E-state index contributed by atoms with van der Waals surface area (Å²) in [5.74, 6) is 0.101. The van der Waals surface area contributed by atoms with Crippen LogP contribution in [0, 0.1) is 0 Å². The number of ketones is 1. The second kappa shape index (κ2) is 12.7. The Balaban J connectivity index is -0.000000249. The summed E-state index contributed by atoms with van der Waals surface area (Å²) in [6.45, 7) is 1.47. The summed E-state index contributed by atoms with van der Waals surface area (Å²) in [6.07, 6.45) is -2.33. The van der Waals surface area contributed by atoms with Gasteiger partial charge in [0.05, 0.1) is 0 Å². The average molecular weight is 274 g/mol. The summed E-state index contributed by atoms with van der Waals surface area (Å²) in [7, 11) is 0. The average Bonchev–Trinajstić information content (AvgIpc) is 2.03. The van der Waals surface area contributed by atoms with Crippen LogP contribution in [0.25, 0.3) is 0 Å². The number of benzene rings is 1. The molecule has 1 aromatic rings. The van der Waals surface area contributed by atoms with E-state index in [9.17, 15) is 4.79 Å². The maximum absolute atomic E-state index is 10.7. The molecule has 0 aliphatic rings. The van der Waals surface area contributed by atoms with Gasteiger partial charge in [-0.15, -0.1) is 0 Å². The third kappa shape index (κ3) is 13.3. The maximum atomic E-state index is 10.7. The Morgan fingerprint density at radius 3 is 1.88 bits per heavy atom. The number of hydrogen-bond donors (Lipinski definition) is 1. The number of phenols is 1. The summed E-state index contributed by atoms with van der Waals surface area (Å²) in [5.41, 5.74) is 0.542. The maximum Gasteiger partial charge on any atom is 1.00 e. The van der Waals surface area contributed by atoms with Crippen LogP contribution in [0.3, 0.4) is 0 Å². The topological polar surface area (TPSA) is 100 Å². The number of carboxylic acid groups (broad SMARTS) is 2. The largest absolute Gasteiger partial charge is 1.00 e. The van der Waals surface area contributed by atoms with E-state index >= 15 is 0 Å². The van der Waals surface area contributed by atoms with Crippen LogP contribution < -0.4 is 113 Å². The summed E-state index contributed by atoms with van der Waals surface area (Å²) >= 11 is 0. The Kier molecular flexibility index (Phi) is 17.8. The molecule has 76 valence electrons. The molecule has 0 radical (unpaired) electrons. The van der Waals surface area contributed by atoms with E-state index in [1.165, 1.54) is 19.1 Å². The number of phenolic OH excluding ortho intramolecular Hbond substituents is 1. The molecule has 16 heavy (non-hydrogen) atoms. The van der Waals surface area contributed by atoms with Crippen molar-refractivity contribution in [2.75, 3.05) is 0 Å². The van der Waals surface area contributed by atoms with Gasteiger partial charge in [0.1, 0.15) is 5.75 Å². The first-order chi connectivity index (χ1) is 6.43. The summed E-state index contributed by atoms with van der Waals surface area (Å²) < 4.78 is 0. The fourth-order valence-electron chi connectivity index (χ4n) is 0.725. The van der Waals surface area contributed by atoms with Gasteiger partial charge in [0.25, 0.3) is 0 Å². The molecule has 0 fully saturated rings. The molecule has 0 aliphatic heterocycles. The second-order valence-corrected chi connectivity index (χ2v) is 2.36. The smallest absolute Gasteiger partial charge is 0.652 e. The summed E-state index contributed by atoms with van der Waals surface area (Å²) in [6, 6.07) is 6.29. The first-order valence-electron chi connectivity index (χ1n) is 3.61. The van der Waals surface area contributed by atoms with E-state index in [0.717, 1.165) is 0 Å². The van der Waals surface area contributed by atoms with E-state index < -0.39 is 6.16 Å². The molecule has 1 aromatic carbocycles. The number of carbonyl (C=O) groups is 2. The molecule has 0 aliphatic carbocycles. The number of carbonyl (C=O) groups excluding carboxylic acids is 2. The Bertz CT molecular complexity index is 336. The van der Waals surface area contributed by atoms with Crippen molar-refractivity contribution in [2.45, 2.75) is 6.92 Å². The molecule has 0 atom stereocenters. The van der Waals surface area contributed by atoms with Crippen molar-refractivity contribution >= 4 is 11.9 Å². The minimum absolute atomic E-state index is 0. The standard InChI is InChI=1S/C8H8O2.CH2O3.2K/c1-6(9)7-3-2-4-8(10)5-7;2-1(3)4;;/h2-5,10H,1H3;(H2,2,3,4);;/q;;2*+1/p-2. The van der Waals surface area contributed by atoms with Crippen molar-refractivity contribution < 1.29 is 128 Å². The van der Waals surface area contributed by atoms with E-state index in [2.05, 4.69) is 0 Å². The van der Waals surface area contributed by atoms with Crippen LogP contribution in [0.2, 0.25) is 0 Å². The monoisotopic (exact) mass is 274 g/mol. The number of aromatic hydroxyl groups is 1. The van der Waals surface area contributed by atoms with Gasteiger partial charge in [-0.2, -0.15) is 0 Å². The van der Waals surface area contributed by atoms with Gasteiger partial charge in [-0.1, -0.05) is 12.1 Å². The van der Waals surface area contributed by atoms with Crippen molar-refractivity contribution in [3.63, 3.8) is 0 Å². The quantitative estimate of drug-likeness (QED) is 0.405. The molecule has 1 N–H and O–H groups in total. The van der Waals surface area contributed by atoms with Crippen molar-refractivity contribution in [3.8, 4) is 5.75 Å². The molecule has 0 unspecified atom stereocenters. The predicted molar refractivity (Wildman–Crippen MR) is 43.5 cm³/mol. The van der Waals surface area contributed by atoms with Gasteiger partial charge >= 0.3 is 103 Å². The van der Waals surface area contributed by atoms with E-state index in [4.69, 9.17) is 20.1 Å². The van der Waals surface area contributed by atoms with Crippen LogP contribution in [0.4, 0.5) is 4.79 Å². The molecule has 0 aromatic heterocycles. The zero-order valence-electron chi connectivity index (χ0n) is 9.39. The summed E-state index contributed by atoms with van der Waals surface area (Å²) in [5, 5.41) is 25.6. The van der Waals surface area contributed by atoms with Gasteiger partial charge in [0.15, 0.2) is 5.78 Å². The van der Waals surface area contributed by atoms with Crippen LogP contribution in [-0.4, -0.2) is 17.0 Å². The van der Waals surface area contributed by atoms with Crippen LogP contribution in [0.15, 0.2) is 24.3 Å². The van der Waals surface area contributed by atoms with Crippen molar-refractivity contribution in [1.29, 1.82) is 0 Å². The van der Waals surface area contributed by atoms with Gasteiger partial charge in [-0.3, -0.25) is 4.79 Å². The fraction of sp³-hybridized carbons (Fsp3) is 0.111. The van der Waals surface area contributed by atoms with Crippen LogP contribution >= 0.6 is 0 Å². The molecule has 1 rings (SSSR count). The van der Waals surface area contributed by atoms with E-state index in [0.29, 0.717) is 5.56 Å². The van der Waals surface area contributed by atoms with E-state index in [1.807, 2.05) is 0 Å². The third-order valence-corrected chi connectivity index (χ3v) is 1.25. The minimum Gasteiger partial charge on any atom is -0.652 e. The van der Waals surface area contributed by atoms with Crippen LogP contribution in [0.1, 0.15) is 17.3 Å². The zero-order chi connectivity index (χ0) is 11.1. The molecule has 0 saturated carbocycles. The Labute approximate surface area is 178 Å². The third-order valence-electron chi connectivity index (χ3n) is 1.25. The SMILES string of the molecule is CC(=O)c1cccc(O)c1.O=C([O-])[O-].[K+].[K+]. The first-order valence-corrected chi connectivity index (χ1v) is 3.61. The van der Waals surface area contributed by atoms with E-state index in [1.54, 1.807) is 12.1 Å². The normalized spacial score (nSPS) is 7.31. The molecule has 7 heteroatoms. The van der Waals surface area contributed by atoms with Gasteiger partial charge in [0.2, 0.25) is 0 Å². The molecule has 0 spiro atoms. The molecule has 0 heterocycles. The number of hydrogen-bond acceptors (Lipinski definition) is 5. The molecule has 5 nitrogen and oxygen atoms in total. The van der Waals surface area contributed by atoms with Crippen molar-refractivity contribution in [2.24, 2.45) is 0 Å². The van der Waals surface area contributed by atoms with Crippen LogP contribution in [0.5, 0.6) is 5.75 Å². The minimum atomic E-state index is -2.33. The van der Waals surface area contributed by atoms with Gasteiger partial charge in [-0.05, 0) is 25.2 Å². The first kappa shape index (κ1) is 22.4. The summed E-state index contributed by atoms with van der Waals surface area (Å²) in [4.78, 5) is 19.0. The zero-order valence-corrected chi connectivity index (χ0v) is 15.6. The second-order valence-electron chi connectivity index (χ2n) is 2.36. The molecule has 0 amide bonds. The fourth-order valence-corrected chi connectivity index (χ4v) is 0.725. The van der Waals surface area contributed by atoms with Crippen molar-refractivity contribution in [1.82, 2.24) is 0 Å².